The van der Waals surface area contributed by atoms with Crippen LogP contribution in [0, 0.1) is 0 Å². The summed E-state index contributed by atoms with van der Waals surface area (Å²) < 4.78 is 40.1. The van der Waals surface area contributed by atoms with E-state index in [4.69, 9.17) is 14.1 Å². The fourth-order valence-electron chi connectivity index (χ4n) is 3.10. The summed E-state index contributed by atoms with van der Waals surface area (Å²) in [6.07, 6.45) is 0.501. The van der Waals surface area contributed by atoms with Gasteiger partial charge in [-0.1, -0.05) is 0 Å². The Labute approximate surface area is 144 Å². The molecule has 3 fully saturated rings. The normalized spacial score (nSPS) is 29.8. The lowest BCUT2D eigenvalue weighted by atomic mass is 10.0. The molecule has 0 aliphatic carbocycles. The molecule has 3 saturated heterocycles. The minimum absolute atomic E-state index is 0.127. The van der Waals surface area contributed by atoms with Gasteiger partial charge >= 0.3 is 16.4 Å². The molecule has 3 unspecified atom stereocenters. The van der Waals surface area contributed by atoms with Gasteiger partial charge in [0.05, 0.1) is 18.8 Å². The van der Waals surface area contributed by atoms with Crippen LogP contribution >= 0.6 is 0 Å². The number of urea groups is 1. The molecule has 12 nitrogen and oxygen atoms in total. The van der Waals surface area contributed by atoms with E-state index in [2.05, 4.69) is 15.1 Å². The van der Waals surface area contributed by atoms with Crippen LogP contribution in [0.1, 0.15) is 12.8 Å². The number of ether oxygens (including phenoxy) is 1. The molecule has 13 heteroatoms. The molecular weight excluding hydrogens is 360 g/mol. The van der Waals surface area contributed by atoms with Crippen LogP contribution in [-0.2, 0) is 29.1 Å². The maximum atomic E-state index is 12.3. The zero-order chi connectivity index (χ0) is 18.0. The third-order valence-electron chi connectivity index (χ3n) is 4.25. The quantitative estimate of drug-likeness (QED) is 0.352. The molecule has 0 aromatic rings. The number of nitrogens with zero attached hydrogens (tertiary/aromatic N) is 2. The molecular formula is C12H20N4O8S. The maximum Gasteiger partial charge on any atom is 0.418 e. The van der Waals surface area contributed by atoms with Gasteiger partial charge in [0.25, 0.3) is 5.91 Å². The maximum absolute atomic E-state index is 12.3. The van der Waals surface area contributed by atoms with E-state index in [0.717, 1.165) is 6.54 Å². The molecule has 3 aliphatic rings. The van der Waals surface area contributed by atoms with Gasteiger partial charge in [0.1, 0.15) is 12.6 Å². The minimum atomic E-state index is -4.81. The fourth-order valence-corrected chi connectivity index (χ4v) is 3.49. The SMILES string of the molecule is O=C(NOCC1CNCCO1)C1CCC2CN1C(=O)N2OS(=O)(=O)O. The number of fused-ring (bicyclic) bond motifs is 2. The fraction of sp³-hybridized carbons (Fsp3) is 0.833. The summed E-state index contributed by atoms with van der Waals surface area (Å²) >= 11 is 0. The van der Waals surface area contributed by atoms with Crippen molar-refractivity contribution >= 4 is 22.3 Å². The van der Waals surface area contributed by atoms with Crippen molar-refractivity contribution in [2.45, 2.75) is 31.0 Å². The lowest BCUT2D eigenvalue weighted by molar-refractivity contribution is -0.143. The second kappa shape index (κ2) is 7.39. The molecule has 142 valence electrons. The molecule has 0 spiro atoms. The molecule has 0 aromatic heterocycles. The number of carbonyl (C=O) groups is 2. The molecule has 3 atom stereocenters. The summed E-state index contributed by atoms with van der Waals surface area (Å²) in [6, 6.07) is -2.13. The van der Waals surface area contributed by atoms with Crippen molar-refractivity contribution in [2.75, 3.05) is 32.8 Å². The molecule has 3 rings (SSSR count). The first kappa shape index (κ1) is 18.3. The zero-order valence-corrected chi connectivity index (χ0v) is 14.1. The van der Waals surface area contributed by atoms with Gasteiger partial charge in [-0.15, -0.1) is 4.28 Å². The Morgan fingerprint density at radius 1 is 1.44 bits per heavy atom. The van der Waals surface area contributed by atoms with Crippen LogP contribution in [0.4, 0.5) is 4.79 Å². The van der Waals surface area contributed by atoms with E-state index in [1.165, 1.54) is 4.90 Å². The molecule has 25 heavy (non-hydrogen) atoms. The van der Waals surface area contributed by atoms with Gasteiger partial charge in [0.2, 0.25) is 0 Å². The molecule has 0 aromatic carbocycles. The highest BCUT2D eigenvalue weighted by molar-refractivity contribution is 7.80. The average molecular weight is 380 g/mol. The van der Waals surface area contributed by atoms with Crippen molar-refractivity contribution in [1.29, 1.82) is 0 Å². The number of hydrogen-bond acceptors (Lipinski definition) is 8. The van der Waals surface area contributed by atoms with Gasteiger partial charge in [0, 0.05) is 19.6 Å². The van der Waals surface area contributed by atoms with Crippen LogP contribution < -0.4 is 10.8 Å². The Morgan fingerprint density at radius 2 is 2.24 bits per heavy atom. The Hall–Kier alpha value is -1.51. The minimum Gasteiger partial charge on any atom is -0.373 e. The summed E-state index contributed by atoms with van der Waals surface area (Å²) in [7, 11) is -4.81. The summed E-state index contributed by atoms with van der Waals surface area (Å²) in [6.45, 7) is 2.25. The highest BCUT2D eigenvalue weighted by Crippen LogP contribution is 2.30. The van der Waals surface area contributed by atoms with E-state index in [1.807, 2.05) is 0 Å². The second-order valence-electron chi connectivity index (χ2n) is 5.98. The van der Waals surface area contributed by atoms with Crippen LogP contribution in [-0.4, -0.2) is 85.9 Å². The number of carbonyl (C=O) groups excluding carboxylic acids is 2. The predicted octanol–water partition coefficient (Wildman–Crippen LogP) is -1.97. The van der Waals surface area contributed by atoms with Gasteiger partial charge < -0.3 is 15.0 Å². The Morgan fingerprint density at radius 3 is 2.92 bits per heavy atom. The molecule has 0 radical (unpaired) electrons. The van der Waals surface area contributed by atoms with Gasteiger partial charge in [-0.3, -0.25) is 14.2 Å². The number of amides is 3. The molecule has 2 bridgehead atoms. The topological polar surface area (TPSA) is 147 Å². The van der Waals surface area contributed by atoms with E-state index in [-0.39, 0.29) is 19.3 Å². The second-order valence-corrected chi connectivity index (χ2v) is 6.99. The first-order chi connectivity index (χ1) is 11.8. The molecule has 3 amide bonds. The van der Waals surface area contributed by atoms with Crippen molar-refractivity contribution in [2.24, 2.45) is 0 Å². The smallest absolute Gasteiger partial charge is 0.373 e. The zero-order valence-electron chi connectivity index (χ0n) is 13.3. The van der Waals surface area contributed by atoms with E-state index in [1.54, 1.807) is 0 Å². The standard InChI is InChI=1S/C12H20N4O8S/c17-11(14-23-7-9-5-13-3-4-22-9)10-2-1-8-6-15(10)12(18)16(8)24-25(19,20)21/h8-10,13H,1-7H2,(H,14,17)(H,19,20,21). The Kier molecular flexibility index (Phi) is 5.41. The predicted molar refractivity (Wildman–Crippen MR) is 80.1 cm³/mol. The van der Waals surface area contributed by atoms with Crippen molar-refractivity contribution in [1.82, 2.24) is 20.8 Å². The van der Waals surface area contributed by atoms with E-state index in [0.29, 0.717) is 31.1 Å². The first-order valence-corrected chi connectivity index (χ1v) is 9.22. The molecule has 3 aliphatic heterocycles. The number of piperidine rings is 1. The van der Waals surface area contributed by atoms with E-state index >= 15 is 0 Å². The Bertz CT molecular complexity index is 623. The van der Waals surface area contributed by atoms with Crippen LogP contribution in [0.15, 0.2) is 0 Å². The summed E-state index contributed by atoms with van der Waals surface area (Å²) in [5.41, 5.74) is 2.30. The van der Waals surface area contributed by atoms with Crippen molar-refractivity contribution in [3.63, 3.8) is 0 Å². The first-order valence-electron chi connectivity index (χ1n) is 7.86. The van der Waals surface area contributed by atoms with E-state index in [9.17, 15) is 18.0 Å². The van der Waals surface area contributed by atoms with Crippen molar-refractivity contribution in [3.8, 4) is 0 Å². The largest absolute Gasteiger partial charge is 0.418 e. The van der Waals surface area contributed by atoms with E-state index < -0.39 is 34.4 Å². The number of hydroxylamine groups is 3. The average Bonchev–Trinajstić information content (AvgIpc) is 2.79. The molecule has 3 N–H and O–H groups in total. The molecule has 3 heterocycles. The lowest BCUT2D eigenvalue weighted by Gasteiger charge is -2.29. The summed E-state index contributed by atoms with van der Waals surface area (Å²) in [5, 5.41) is 3.72. The summed E-state index contributed by atoms with van der Waals surface area (Å²) in [4.78, 5) is 30.8. The highest BCUT2D eigenvalue weighted by atomic mass is 32.3. The van der Waals surface area contributed by atoms with Crippen molar-refractivity contribution in [3.05, 3.63) is 0 Å². The van der Waals surface area contributed by atoms with Gasteiger partial charge in [-0.05, 0) is 12.8 Å². The Balaban J connectivity index is 1.51. The van der Waals surface area contributed by atoms with Gasteiger partial charge in [-0.2, -0.15) is 13.5 Å². The van der Waals surface area contributed by atoms with Crippen LogP contribution in [0.5, 0.6) is 0 Å². The summed E-state index contributed by atoms with van der Waals surface area (Å²) in [5.74, 6) is -0.510. The highest BCUT2D eigenvalue weighted by Gasteiger charge is 2.49. The third-order valence-corrected chi connectivity index (χ3v) is 4.60. The van der Waals surface area contributed by atoms with Gasteiger partial charge in [-0.25, -0.2) is 10.3 Å². The van der Waals surface area contributed by atoms with Crippen LogP contribution in [0.25, 0.3) is 0 Å². The number of nitrogens with one attached hydrogen (secondary N) is 2. The van der Waals surface area contributed by atoms with Crippen LogP contribution in [0.2, 0.25) is 0 Å². The third kappa shape index (κ3) is 4.37. The van der Waals surface area contributed by atoms with Gasteiger partial charge in [0.15, 0.2) is 0 Å². The number of hydrogen-bond donors (Lipinski definition) is 3. The van der Waals surface area contributed by atoms with Crippen LogP contribution in [0.3, 0.4) is 0 Å². The number of rotatable bonds is 6. The number of morpholine rings is 1. The van der Waals surface area contributed by atoms with Crippen molar-refractivity contribution < 1.29 is 36.4 Å². The molecule has 0 saturated carbocycles. The lowest BCUT2D eigenvalue weighted by Crippen LogP contribution is -2.50. The monoisotopic (exact) mass is 380 g/mol.